The Kier molecular flexibility index (Phi) is 4.65. The number of aliphatic hydroxyl groups excluding tert-OH is 1. The second-order valence-corrected chi connectivity index (χ2v) is 6.25. The van der Waals surface area contributed by atoms with Crippen LogP contribution in [0.1, 0.15) is 30.4 Å². The number of benzene rings is 1. The van der Waals surface area contributed by atoms with Crippen molar-refractivity contribution < 1.29 is 13.5 Å². The van der Waals surface area contributed by atoms with Crippen LogP contribution in [-0.4, -0.2) is 26.2 Å². The Hall–Kier alpha value is -1.55. The van der Waals surface area contributed by atoms with E-state index in [1.807, 2.05) is 6.92 Å². The van der Waals surface area contributed by atoms with Gasteiger partial charge in [0.05, 0.1) is 12.3 Å². The highest BCUT2D eigenvalue weighted by Gasteiger charge is 2.26. The fraction of sp³-hybridized carbons (Fsp3) is 0.429. The average molecular weight is 294 g/mol. The highest BCUT2D eigenvalue weighted by molar-refractivity contribution is 7.90. The number of aryl methyl sites for hydroxylation is 1. The first kappa shape index (κ1) is 14.9. The lowest BCUT2D eigenvalue weighted by atomic mass is 10.1. The van der Waals surface area contributed by atoms with E-state index in [1.54, 1.807) is 18.2 Å². The minimum Gasteiger partial charge on any atom is -0.395 e. The van der Waals surface area contributed by atoms with Crippen LogP contribution in [0.5, 0.6) is 0 Å². The van der Waals surface area contributed by atoms with Crippen LogP contribution in [0.2, 0.25) is 0 Å². The van der Waals surface area contributed by atoms with Crippen molar-refractivity contribution in [2.75, 3.05) is 11.3 Å². The maximum atomic E-state index is 11.8. The lowest BCUT2D eigenvalue weighted by Crippen LogP contribution is -2.31. The standard InChI is InChI=1S/C14H18N2O3S/c1-11-10-14(6-5-12(11)4-2-3-9-17)16-20(18,19)15-13-7-8-13/h5-6,10,13,15-17H,3,7-9H2,1H3. The molecule has 6 heteroatoms. The molecule has 0 saturated heterocycles. The molecule has 1 aromatic carbocycles. The molecule has 0 atom stereocenters. The topological polar surface area (TPSA) is 78.4 Å². The molecule has 3 N–H and O–H groups in total. The number of hydrogen-bond acceptors (Lipinski definition) is 3. The molecule has 20 heavy (non-hydrogen) atoms. The molecular weight excluding hydrogens is 276 g/mol. The largest absolute Gasteiger partial charge is 0.395 e. The SMILES string of the molecule is Cc1cc(NS(=O)(=O)NC2CC2)ccc1C#CCCO. The first-order valence-electron chi connectivity index (χ1n) is 6.50. The normalized spacial score (nSPS) is 14.5. The molecular formula is C14H18N2O3S. The molecule has 1 aliphatic carbocycles. The number of hydrogen-bond donors (Lipinski definition) is 3. The van der Waals surface area contributed by atoms with E-state index in [9.17, 15) is 8.42 Å². The number of nitrogens with one attached hydrogen (secondary N) is 2. The Morgan fingerprint density at radius 2 is 2.15 bits per heavy atom. The van der Waals surface area contributed by atoms with Crippen molar-refractivity contribution in [2.45, 2.75) is 32.2 Å². The van der Waals surface area contributed by atoms with Gasteiger partial charge in [-0.2, -0.15) is 13.1 Å². The van der Waals surface area contributed by atoms with Gasteiger partial charge in [0.2, 0.25) is 0 Å². The summed E-state index contributed by atoms with van der Waals surface area (Å²) >= 11 is 0. The highest BCUT2D eigenvalue weighted by Crippen LogP contribution is 2.21. The quantitative estimate of drug-likeness (QED) is 0.713. The third-order valence-electron chi connectivity index (χ3n) is 2.84. The molecule has 0 bridgehead atoms. The summed E-state index contributed by atoms with van der Waals surface area (Å²) in [7, 11) is -3.49. The zero-order valence-electron chi connectivity index (χ0n) is 11.3. The van der Waals surface area contributed by atoms with Gasteiger partial charge < -0.3 is 5.11 Å². The fourth-order valence-electron chi connectivity index (χ4n) is 1.69. The average Bonchev–Trinajstić information content (AvgIpc) is 3.14. The molecule has 0 radical (unpaired) electrons. The van der Waals surface area contributed by atoms with Crippen molar-refractivity contribution in [3.63, 3.8) is 0 Å². The van der Waals surface area contributed by atoms with Gasteiger partial charge in [0.25, 0.3) is 10.2 Å². The summed E-state index contributed by atoms with van der Waals surface area (Å²) in [5.74, 6) is 5.79. The summed E-state index contributed by atoms with van der Waals surface area (Å²) in [6.45, 7) is 1.91. The maximum absolute atomic E-state index is 11.8. The van der Waals surface area contributed by atoms with Gasteiger partial charge in [-0.1, -0.05) is 11.8 Å². The van der Waals surface area contributed by atoms with Crippen LogP contribution in [0.4, 0.5) is 5.69 Å². The minimum atomic E-state index is -3.49. The highest BCUT2D eigenvalue weighted by atomic mass is 32.2. The molecule has 0 amide bonds. The molecule has 1 aliphatic rings. The summed E-state index contributed by atoms with van der Waals surface area (Å²) in [6.07, 6.45) is 2.23. The van der Waals surface area contributed by atoms with Gasteiger partial charge in [-0.05, 0) is 43.5 Å². The van der Waals surface area contributed by atoms with Gasteiger partial charge in [0.15, 0.2) is 0 Å². The van der Waals surface area contributed by atoms with Crippen molar-refractivity contribution in [3.05, 3.63) is 29.3 Å². The Morgan fingerprint density at radius 1 is 1.40 bits per heavy atom. The predicted octanol–water partition coefficient (Wildman–Crippen LogP) is 1.14. The summed E-state index contributed by atoms with van der Waals surface area (Å²) < 4.78 is 28.6. The van der Waals surface area contributed by atoms with Crippen molar-refractivity contribution >= 4 is 15.9 Å². The predicted molar refractivity (Wildman–Crippen MR) is 78.5 cm³/mol. The van der Waals surface area contributed by atoms with Crippen molar-refractivity contribution in [1.29, 1.82) is 0 Å². The Balaban J connectivity index is 2.07. The molecule has 0 aromatic heterocycles. The summed E-state index contributed by atoms with van der Waals surface area (Å²) in [6, 6.07) is 5.28. The van der Waals surface area contributed by atoms with Crippen LogP contribution in [0.3, 0.4) is 0 Å². The van der Waals surface area contributed by atoms with Crippen LogP contribution in [0, 0.1) is 18.8 Å². The molecule has 0 heterocycles. The van der Waals surface area contributed by atoms with E-state index in [4.69, 9.17) is 5.11 Å². The smallest absolute Gasteiger partial charge is 0.299 e. The Labute approximate surface area is 119 Å². The van der Waals surface area contributed by atoms with Crippen molar-refractivity contribution in [2.24, 2.45) is 0 Å². The molecule has 108 valence electrons. The number of anilines is 1. The molecule has 2 rings (SSSR count). The van der Waals surface area contributed by atoms with Gasteiger partial charge in [0, 0.05) is 18.0 Å². The second kappa shape index (κ2) is 6.27. The maximum Gasteiger partial charge on any atom is 0.299 e. The van der Waals surface area contributed by atoms with E-state index in [1.165, 1.54) is 0 Å². The van der Waals surface area contributed by atoms with Crippen LogP contribution in [-0.2, 0) is 10.2 Å². The summed E-state index contributed by atoms with van der Waals surface area (Å²) in [5, 5.41) is 8.68. The first-order valence-corrected chi connectivity index (χ1v) is 7.99. The first-order chi connectivity index (χ1) is 9.50. The van der Waals surface area contributed by atoms with Gasteiger partial charge >= 0.3 is 0 Å². The zero-order valence-corrected chi connectivity index (χ0v) is 12.1. The molecule has 0 unspecified atom stereocenters. The molecule has 1 saturated carbocycles. The molecule has 0 spiro atoms. The summed E-state index contributed by atoms with van der Waals surface area (Å²) in [5.41, 5.74) is 2.24. The number of rotatable bonds is 5. The lowest BCUT2D eigenvalue weighted by Gasteiger charge is -2.09. The van der Waals surface area contributed by atoms with Gasteiger partial charge in [-0.3, -0.25) is 4.72 Å². The summed E-state index contributed by atoms with van der Waals surface area (Å²) in [4.78, 5) is 0. The van der Waals surface area contributed by atoms with Gasteiger partial charge in [-0.15, -0.1) is 0 Å². The Bertz CT molecular complexity index is 640. The second-order valence-electron chi connectivity index (χ2n) is 4.80. The van der Waals surface area contributed by atoms with E-state index in [0.717, 1.165) is 24.0 Å². The van der Waals surface area contributed by atoms with Crippen molar-refractivity contribution in [1.82, 2.24) is 4.72 Å². The van der Waals surface area contributed by atoms with Crippen LogP contribution >= 0.6 is 0 Å². The monoisotopic (exact) mass is 294 g/mol. The van der Waals surface area contributed by atoms with E-state index in [0.29, 0.717) is 12.1 Å². The molecule has 5 nitrogen and oxygen atoms in total. The van der Waals surface area contributed by atoms with E-state index in [-0.39, 0.29) is 12.6 Å². The molecule has 1 fully saturated rings. The molecule has 0 aliphatic heterocycles. The van der Waals surface area contributed by atoms with E-state index in [2.05, 4.69) is 21.3 Å². The third kappa shape index (κ3) is 4.53. The van der Waals surface area contributed by atoms with Crippen LogP contribution < -0.4 is 9.44 Å². The number of aliphatic hydroxyl groups is 1. The zero-order chi connectivity index (χ0) is 14.6. The lowest BCUT2D eigenvalue weighted by molar-refractivity contribution is 0.305. The minimum absolute atomic E-state index is 0.0385. The fourth-order valence-corrected chi connectivity index (χ4v) is 2.86. The third-order valence-corrected chi connectivity index (χ3v) is 3.99. The van der Waals surface area contributed by atoms with E-state index >= 15 is 0 Å². The van der Waals surface area contributed by atoms with Gasteiger partial charge in [-0.25, -0.2) is 0 Å². The van der Waals surface area contributed by atoms with Crippen LogP contribution in [0.15, 0.2) is 18.2 Å². The Morgan fingerprint density at radius 3 is 2.75 bits per heavy atom. The van der Waals surface area contributed by atoms with Gasteiger partial charge in [0.1, 0.15) is 0 Å². The van der Waals surface area contributed by atoms with Crippen molar-refractivity contribution in [3.8, 4) is 11.8 Å². The molecule has 1 aromatic rings. The van der Waals surface area contributed by atoms with Crippen LogP contribution in [0.25, 0.3) is 0 Å². The van der Waals surface area contributed by atoms with E-state index < -0.39 is 10.2 Å².